The summed E-state index contributed by atoms with van der Waals surface area (Å²) in [5.41, 5.74) is 0.601. The van der Waals surface area contributed by atoms with Crippen molar-refractivity contribution < 1.29 is 18.7 Å². The third kappa shape index (κ3) is 4.00. The number of urea groups is 1. The number of carbonyl (C=O) groups is 1. The van der Waals surface area contributed by atoms with Gasteiger partial charge in [-0.3, -0.25) is 0 Å². The van der Waals surface area contributed by atoms with E-state index in [9.17, 15) is 4.79 Å². The SMILES string of the molecule is COc1ccccc1NC(=O)NCC(OC)c1ccco1. The molecule has 112 valence electrons. The average Bonchev–Trinajstić information content (AvgIpc) is 3.03. The van der Waals surface area contributed by atoms with Crippen LogP contribution in [0.3, 0.4) is 0 Å². The van der Waals surface area contributed by atoms with Crippen LogP contribution in [0.25, 0.3) is 0 Å². The zero-order valence-corrected chi connectivity index (χ0v) is 12.0. The number of methoxy groups -OCH3 is 2. The topological polar surface area (TPSA) is 72.7 Å². The Morgan fingerprint density at radius 2 is 2.05 bits per heavy atom. The van der Waals surface area contributed by atoms with Crippen molar-refractivity contribution >= 4 is 11.7 Å². The molecule has 1 atom stereocenters. The molecule has 0 aliphatic heterocycles. The van der Waals surface area contributed by atoms with Crippen molar-refractivity contribution in [2.24, 2.45) is 0 Å². The fourth-order valence-corrected chi connectivity index (χ4v) is 1.87. The van der Waals surface area contributed by atoms with Gasteiger partial charge in [0.15, 0.2) is 0 Å². The highest BCUT2D eigenvalue weighted by Gasteiger charge is 2.15. The Morgan fingerprint density at radius 1 is 1.24 bits per heavy atom. The average molecular weight is 290 g/mol. The highest BCUT2D eigenvalue weighted by atomic mass is 16.5. The third-order valence-corrected chi connectivity index (χ3v) is 2.95. The molecule has 1 aromatic carbocycles. The molecule has 1 unspecified atom stereocenters. The molecule has 2 amide bonds. The van der Waals surface area contributed by atoms with Crippen LogP contribution >= 0.6 is 0 Å². The summed E-state index contributed by atoms with van der Waals surface area (Å²) >= 11 is 0. The van der Waals surface area contributed by atoms with Crippen molar-refractivity contribution in [3.63, 3.8) is 0 Å². The van der Waals surface area contributed by atoms with Gasteiger partial charge in [-0.05, 0) is 24.3 Å². The number of nitrogens with one attached hydrogen (secondary N) is 2. The first-order chi connectivity index (χ1) is 10.2. The number of para-hydroxylation sites is 2. The standard InChI is InChI=1S/C15H18N2O4/c1-19-12-7-4-3-6-11(12)17-15(18)16-10-14(20-2)13-8-5-9-21-13/h3-9,14H,10H2,1-2H3,(H2,16,17,18). The Morgan fingerprint density at radius 3 is 2.71 bits per heavy atom. The molecule has 2 rings (SSSR count). The van der Waals surface area contributed by atoms with Crippen LogP contribution in [0.5, 0.6) is 5.75 Å². The van der Waals surface area contributed by atoms with E-state index in [1.54, 1.807) is 44.7 Å². The van der Waals surface area contributed by atoms with Gasteiger partial charge in [0.05, 0.1) is 25.6 Å². The number of benzene rings is 1. The number of hydrogen-bond acceptors (Lipinski definition) is 4. The van der Waals surface area contributed by atoms with Crippen LogP contribution in [-0.4, -0.2) is 26.8 Å². The summed E-state index contributed by atoms with van der Waals surface area (Å²) in [5.74, 6) is 1.26. The third-order valence-electron chi connectivity index (χ3n) is 2.95. The molecule has 0 saturated carbocycles. The van der Waals surface area contributed by atoms with E-state index >= 15 is 0 Å². The Balaban J connectivity index is 1.90. The molecule has 0 saturated heterocycles. The number of amides is 2. The highest BCUT2D eigenvalue weighted by Crippen LogP contribution is 2.22. The second kappa shape index (κ2) is 7.35. The lowest BCUT2D eigenvalue weighted by Gasteiger charge is -2.15. The van der Waals surface area contributed by atoms with Gasteiger partial charge < -0.3 is 24.5 Å². The van der Waals surface area contributed by atoms with Gasteiger partial charge in [0.25, 0.3) is 0 Å². The second-order valence-corrected chi connectivity index (χ2v) is 4.28. The van der Waals surface area contributed by atoms with Crippen LogP contribution in [0.2, 0.25) is 0 Å². The Hall–Kier alpha value is -2.47. The summed E-state index contributed by atoms with van der Waals surface area (Å²) in [5, 5.41) is 5.46. The quantitative estimate of drug-likeness (QED) is 0.858. The zero-order chi connectivity index (χ0) is 15.1. The Bertz CT molecular complexity index is 569. The van der Waals surface area contributed by atoms with Gasteiger partial charge in [0, 0.05) is 7.11 Å². The van der Waals surface area contributed by atoms with E-state index in [-0.39, 0.29) is 12.1 Å². The number of furan rings is 1. The lowest BCUT2D eigenvalue weighted by atomic mass is 10.2. The van der Waals surface area contributed by atoms with E-state index in [0.29, 0.717) is 23.7 Å². The maximum Gasteiger partial charge on any atom is 0.319 e. The number of rotatable bonds is 6. The van der Waals surface area contributed by atoms with Crippen LogP contribution in [-0.2, 0) is 4.74 Å². The van der Waals surface area contributed by atoms with E-state index in [1.165, 1.54) is 0 Å². The van der Waals surface area contributed by atoms with Crippen LogP contribution < -0.4 is 15.4 Å². The minimum absolute atomic E-state index is 0.297. The fraction of sp³-hybridized carbons (Fsp3) is 0.267. The van der Waals surface area contributed by atoms with Crippen molar-refractivity contribution in [1.29, 1.82) is 0 Å². The van der Waals surface area contributed by atoms with Crippen LogP contribution in [0.1, 0.15) is 11.9 Å². The highest BCUT2D eigenvalue weighted by molar-refractivity contribution is 5.90. The molecule has 6 heteroatoms. The van der Waals surface area contributed by atoms with Gasteiger partial charge >= 0.3 is 6.03 Å². The van der Waals surface area contributed by atoms with Crippen molar-refractivity contribution in [3.8, 4) is 5.75 Å². The minimum Gasteiger partial charge on any atom is -0.495 e. The van der Waals surface area contributed by atoms with Gasteiger partial charge in [-0.15, -0.1) is 0 Å². The molecule has 2 N–H and O–H groups in total. The Labute approximate surface area is 123 Å². The summed E-state index contributed by atoms with van der Waals surface area (Å²) in [6.07, 6.45) is 1.24. The number of ether oxygens (including phenoxy) is 2. The predicted octanol–water partition coefficient (Wildman–Crippen LogP) is 2.80. The van der Waals surface area contributed by atoms with E-state index in [0.717, 1.165) is 0 Å². The molecular weight excluding hydrogens is 272 g/mol. The molecule has 0 bridgehead atoms. The predicted molar refractivity (Wildman–Crippen MR) is 78.5 cm³/mol. The van der Waals surface area contributed by atoms with Crippen molar-refractivity contribution in [3.05, 3.63) is 48.4 Å². The molecule has 6 nitrogen and oxygen atoms in total. The molecule has 0 aliphatic carbocycles. The molecule has 21 heavy (non-hydrogen) atoms. The molecule has 0 aliphatic rings. The molecule has 2 aromatic rings. The zero-order valence-electron chi connectivity index (χ0n) is 12.0. The van der Waals surface area contributed by atoms with Crippen molar-refractivity contribution in [2.75, 3.05) is 26.1 Å². The monoisotopic (exact) mass is 290 g/mol. The first-order valence-electron chi connectivity index (χ1n) is 6.48. The van der Waals surface area contributed by atoms with Crippen molar-refractivity contribution in [2.45, 2.75) is 6.10 Å². The molecule has 0 fully saturated rings. The van der Waals surface area contributed by atoms with Crippen molar-refractivity contribution in [1.82, 2.24) is 5.32 Å². The summed E-state index contributed by atoms with van der Waals surface area (Å²) in [7, 11) is 3.11. The lowest BCUT2D eigenvalue weighted by molar-refractivity contribution is 0.0855. The smallest absolute Gasteiger partial charge is 0.319 e. The first-order valence-corrected chi connectivity index (χ1v) is 6.48. The Kier molecular flexibility index (Phi) is 5.22. The van der Waals surface area contributed by atoms with Gasteiger partial charge in [0.1, 0.15) is 17.6 Å². The van der Waals surface area contributed by atoms with E-state index in [4.69, 9.17) is 13.9 Å². The van der Waals surface area contributed by atoms with Crippen LogP contribution in [0.15, 0.2) is 47.1 Å². The van der Waals surface area contributed by atoms with Gasteiger partial charge in [-0.1, -0.05) is 12.1 Å². The molecular formula is C15H18N2O4. The van der Waals surface area contributed by atoms with Gasteiger partial charge in [-0.25, -0.2) is 4.79 Å². The van der Waals surface area contributed by atoms with E-state index < -0.39 is 0 Å². The number of carbonyl (C=O) groups excluding carboxylic acids is 1. The first kappa shape index (κ1) is 14.9. The molecule has 1 aromatic heterocycles. The van der Waals surface area contributed by atoms with Gasteiger partial charge in [0.2, 0.25) is 0 Å². The molecule has 0 radical (unpaired) electrons. The maximum absolute atomic E-state index is 11.9. The summed E-state index contributed by atoms with van der Waals surface area (Å²) < 4.78 is 15.7. The minimum atomic E-state index is -0.340. The van der Waals surface area contributed by atoms with Gasteiger partial charge in [-0.2, -0.15) is 0 Å². The summed E-state index contributed by atoms with van der Waals surface area (Å²) in [6.45, 7) is 0.297. The van der Waals surface area contributed by atoms with Crippen LogP contribution in [0.4, 0.5) is 10.5 Å². The molecule has 1 heterocycles. The van der Waals surface area contributed by atoms with E-state index in [1.807, 2.05) is 12.1 Å². The number of hydrogen-bond donors (Lipinski definition) is 2. The second-order valence-electron chi connectivity index (χ2n) is 4.28. The summed E-state index contributed by atoms with van der Waals surface area (Å²) in [6, 6.07) is 10.4. The van der Waals surface area contributed by atoms with E-state index in [2.05, 4.69) is 10.6 Å². The lowest BCUT2D eigenvalue weighted by Crippen LogP contribution is -2.32. The normalized spacial score (nSPS) is 11.7. The fourth-order valence-electron chi connectivity index (χ4n) is 1.87. The van der Waals surface area contributed by atoms with Crippen LogP contribution in [0, 0.1) is 0 Å². The molecule has 0 spiro atoms. The maximum atomic E-state index is 11.9. The largest absolute Gasteiger partial charge is 0.495 e. The summed E-state index contributed by atoms with van der Waals surface area (Å²) in [4.78, 5) is 11.9. The number of anilines is 1.